The van der Waals surface area contributed by atoms with Crippen LogP contribution >= 0.6 is 0 Å². The van der Waals surface area contributed by atoms with Gasteiger partial charge >= 0.3 is 0 Å². The highest BCUT2D eigenvalue weighted by atomic mass is 16.5. The number of aromatic nitrogens is 1. The van der Waals surface area contributed by atoms with E-state index in [2.05, 4.69) is 4.98 Å². The molecule has 0 bridgehead atoms. The molecule has 2 N–H and O–H groups in total. The van der Waals surface area contributed by atoms with Crippen molar-refractivity contribution in [1.29, 1.82) is 0 Å². The number of primary amides is 1. The third kappa shape index (κ3) is 4.69. The fraction of sp³-hybridized carbons (Fsp3) is 0.350. The van der Waals surface area contributed by atoms with Crippen LogP contribution in [0.1, 0.15) is 27.1 Å². The van der Waals surface area contributed by atoms with Crippen molar-refractivity contribution in [2.75, 3.05) is 33.4 Å². The molecule has 1 saturated heterocycles. The van der Waals surface area contributed by atoms with Crippen molar-refractivity contribution in [1.82, 2.24) is 9.88 Å². The second kappa shape index (κ2) is 8.75. The quantitative estimate of drug-likeness (QED) is 0.837. The molecule has 7 heteroatoms. The molecule has 2 heterocycles. The molecule has 0 unspecified atom stereocenters. The van der Waals surface area contributed by atoms with Crippen LogP contribution in [0.25, 0.3) is 11.3 Å². The lowest BCUT2D eigenvalue weighted by atomic mass is 10.1. The van der Waals surface area contributed by atoms with Gasteiger partial charge in [0.25, 0.3) is 5.91 Å². The van der Waals surface area contributed by atoms with Crippen LogP contribution in [0.4, 0.5) is 0 Å². The van der Waals surface area contributed by atoms with Gasteiger partial charge in [0.2, 0.25) is 5.91 Å². The average molecular weight is 369 g/mol. The second-order valence-corrected chi connectivity index (χ2v) is 6.40. The predicted octanol–water partition coefficient (Wildman–Crippen LogP) is 1.72. The molecule has 1 aromatic carbocycles. The van der Waals surface area contributed by atoms with E-state index in [1.807, 2.05) is 17.0 Å². The molecule has 0 spiro atoms. The Kier molecular flexibility index (Phi) is 6.16. The van der Waals surface area contributed by atoms with Crippen LogP contribution in [0.3, 0.4) is 0 Å². The SMILES string of the molecule is COCC[C@H]1CN(C(=O)c2ccc(-c3ccc(C(N)=O)cn3)cc2)CCO1. The van der Waals surface area contributed by atoms with E-state index in [9.17, 15) is 9.59 Å². The van der Waals surface area contributed by atoms with Gasteiger partial charge in [-0.25, -0.2) is 0 Å². The summed E-state index contributed by atoms with van der Waals surface area (Å²) >= 11 is 0. The number of nitrogens with two attached hydrogens (primary N) is 1. The Bertz CT molecular complexity index is 790. The van der Waals surface area contributed by atoms with Crippen molar-refractivity contribution in [2.45, 2.75) is 12.5 Å². The molecule has 1 aliphatic heterocycles. The molecule has 0 saturated carbocycles. The molecule has 1 aliphatic rings. The molecule has 0 radical (unpaired) electrons. The molecule has 0 aliphatic carbocycles. The topological polar surface area (TPSA) is 94.8 Å². The zero-order valence-electron chi connectivity index (χ0n) is 15.3. The van der Waals surface area contributed by atoms with Gasteiger partial charge in [-0.2, -0.15) is 0 Å². The zero-order chi connectivity index (χ0) is 19.2. The van der Waals surface area contributed by atoms with Crippen LogP contribution in [0.5, 0.6) is 0 Å². The zero-order valence-corrected chi connectivity index (χ0v) is 15.3. The highest BCUT2D eigenvalue weighted by Gasteiger charge is 2.24. The first kappa shape index (κ1) is 19.0. The van der Waals surface area contributed by atoms with E-state index in [1.54, 1.807) is 31.4 Å². The monoisotopic (exact) mass is 369 g/mol. The number of nitrogens with zero attached hydrogens (tertiary/aromatic N) is 2. The van der Waals surface area contributed by atoms with Crippen molar-refractivity contribution in [2.24, 2.45) is 5.73 Å². The van der Waals surface area contributed by atoms with Gasteiger partial charge in [-0.05, 0) is 30.7 Å². The maximum atomic E-state index is 12.8. The highest BCUT2D eigenvalue weighted by molar-refractivity contribution is 5.95. The molecule has 7 nitrogen and oxygen atoms in total. The van der Waals surface area contributed by atoms with E-state index in [4.69, 9.17) is 15.2 Å². The Morgan fingerprint density at radius 2 is 1.96 bits per heavy atom. The summed E-state index contributed by atoms with van der Waals surface area (Å²) in [5.74, 6) is -0.520. The van der Waals surface area contributed by atoms with Gasteiger partial charge in [0.15, 0.2) is 0 Å². The van der Waals surface area contributed by atoms with Gasteiger partial charge in [-0.15, -0.1) is 0 Å². The Labute approximate surface area is 158 Å². The third-order valence-electron chi connectivity index (χ3n) is 4.55. The van der Waals surface area contributed by atoms with Gasteiger partial charge in [-0.1, -0.05) is 12.1 Å². The van der Waals surface area contributed by atoms with E-state index in [1.165, 1.54) is 6.20 Å². The Morgan fingerprint density at radius 1 is 1.22 bits per heavy atom. The summed E-state index contributed by atoms with van der Waals surface area (Å²) in [5, 5.41) is 0. The molecule has 2 amide bonds. The molecular weight excluding hydrogens is 346 g/mol. The minimum absolute atomic E-state index is 0.00916. The van der Waals surface area contributed by atoms with Crippen LogP contribution in [0.15, 0.2) is 42.6 Å². The first-order chi connectivity index (χ1) is 13.1. The normalized spacial score (nSPS) is 16.9. The molecule has 1 aromatic heterocycles. The van der Waals surface area contributed by atoms with Gasteiger partial charge < -0.3 is 20.1 Å². The number of methoxy groups -OCH3 is 1. The van der Waals surface area contributed by atoms with Crippen LogP contribution in [0, 0.1) is 0 Å². The number of hydrogen-bond donors (Lipinski definition) is 1. The number of carbonyl (C=O) groups is 2. The molecular formula is C20H23N3O4. The summed E-state index contributed by atoms with van der Waals surface area (Å²) in [7, 11) is 1.66. The van der Waals surface area contributed by atoms with Crippen LogP contribution in [-0.2, 0) is 9.47 Å². The smallest absolute Gasteiger partial charge is 0.254 e. The lowest BCUT2D eigenvalue weighted by Gasteiger charge is -2.33. The van der Waals surface area contributed by atoms with Crippen molar-refractivity contribution in [3.63, 3.8) is 0 Å². The standard InChI is InChI=1S/C20H23N3O4/c1-26-10-8-17-13-23(9-11-27-17)20(25)15-4-2-14(3-5-15)18-7-6-16(12-22-18)19(21)24/h2-7,12,17H,8-11,13H2,1H3,(H2,21,24)/t17-/m0/s1. The first-order valence-electron chi connectivity index (χ1n) is 8.84. The molecule has 142 valence electrons. The summed E-state index contributed by atoms with van der Waals surface area (Å²) in [6.45, 7) is 2.30. The summed E-state index contributed by atoms with van der Waals surface area (Å²) in [6, 6.07) is 10.7. The molecule has 1 atom stereocenters. The molecule has 2 aromatic rings. The van der Waals surface area contributed by atoms with Crippen LogP contribution in [0.2, 0.25) is 0 Å². The number of amides is 2. The van der Waals surface area contributed by atoms with Gasteiger partial charge in [0.1, 0.15) is 0 Å². The average Bonchev–Trinajstić information content (AvgIpc) is 2.72. The molecule has 1 fully saturated rings. The number of morpholine rings is 1. The third-order valence-corrected chi connectivity index (χ3v) is 4.55. The van der Waals surface area contributed by atoms with Crippen LogP contribution in [-0.4, -0.2) is 61.2 Å². The first-order valence-corrected chi connectivity index (χ1v) is 8.84. The van der Waals surface area contributed by atoms with E-state index in [-0.39, 0.29) is 12.0 Å². The number of carbonyl (C=O) groups excluding carboxylic acids is 2. The second-order valence-electron chi connectivity index (χ2n) is 6.40. The summed E-state index contributed by atoms with van der Waals surface area (Å²) in [6.07, 6.45) is 2.23. The molecule has 27 heavy (non-hydrogen) atoms. The van der Waals surface area contributed by atoms with Crippen molar-refractivity contribution >= 4 is 11.8 Å². The van der Waals surface area contributed by atoms with Crippen molar-refractivity contribution in [3.05, 3.63) is 53.7 Å². The summed E-state index contributed by atoms with van der Waals surface area (Å²) in [4.78, 5) is 29.9. The number of pyridine rings is 1. The minimum Gasteiger partial charge on any atom is -0.385 e. The highest BCUT2D eigenvalue weighted by Crippen LogP contribution is 2.19. The van der Waals surface area contributed by atoms with Crippen LogP contribution < -0.4 is 5.73 Å². The van der Waals surface area contributed by atoms with E-state index in [0.29, 0.717) is 43.1 Å². The minimum atomic E-state index is -0.510. The Morgan fingerprint density at radius 3 is 2.59 bits per heavy atom. The lowest BCUT2D eigenvalue weighted by Crippen LogP contribution is -2.45. The van der Waals surface area contributed by atoms with Gasteiger partial charge in [0, 0.05) is 44.1 Å². The fourth-order valence-electron chi connectivity index (χ4n) is 3.00. The Hall–Kier alpha value is -2.77. The van der Waals surface area contributed by atoms with E-state index >= 15 is 0 Å². The largest absolute Gasteiger partial charge is 0.385 e. The van der Waals surface area contributed by atoms with Gasteiger partial charge in [-0.3, -0.25) is 14.6 Å². The number of ether oxygens (including phenoxy) is 2. The maximum absolute atomic E-state index is 12.8. The van der Waals surface area contributed by atoms with Crippen molar-refractivity contribution in [3.8, 4) is 11.3 Å². The maximum Gasteiger partial charge on any atom is 0.254 e. The number of benzene rings is 1. The summed E-state index contributed by atoms with van der Waals surface area (Å²) in [5.41, 5.74) is 7.79. The molecule has 3 rings (SSSR count). The lowest BCUT2D eigenvalue weighted by molar-refractivity contribution is -0.0332. The van der Waals surface area contributed by atoms with E-state index < -0.39 is 5.91 Å². The van der Waals surface area contributed by atoms with Crippen molar-refractivity contribution < 1.29 is 19.1 Å². The van der Waals surface area contributed by atoms with Gasteiger partial charge in [0.05, 0.1) is 24.0 Å². The fourth-order valence-corrected chi connectivity index (χ4v) is 3.00. The summed E-state index contributed by atoms with van der Waals surface area (Å²) < 4.78 is 10.8. The predicted molar refractivity (Wildman–Crippen MR) is 100 cm³/mol. The van der Waals surface area contributed by atoms with E-state index in [0.717, 1.165) is 12.0 Å². The number of rotatable bonds is 6. The number of hydrogen-bond acceptors (Lipinski definition) is 5. The Balaban J connectivity index is 1.67.